The van der Waals surface area contributed by atoms with Crippen molar-refractivity contribution in [2.24, 2.45) is 0 Å². The fourth-order valence-electron chi connectivity index (χ4n) is 1.74. The van der Waals surface area contributed by atoms with Crippen molar-refractivity contribution < 1.29 is 10.2 Å². The lowest BCUT2D eigenvalue weighted by Crippen LogP contribution is -2.32. The lowest BCUT2D eigenvalue weighted by molar-refractivity contribution is -0.00811. The number of hydrogen-bond acceptors (Lipinski definition) is 2. The second-order valence-corrected chi connectivity index (χ2v) is 4.70. The summed E-state index contributed by atoms with van der Waals surface area (Å²) in [5, 5.41) is 20.2. The molecule has 0 saturated heterocycles. The van der Waals surface area contributed by atoms with Gasteiger partial charge >= 0.3 is 0 Å². The van der Waals surface area contributed by atoms with Crippen LogP contribution >= 0.6 is 0 Å². The Kier molecular flexibility index (Phi) is 6.31. The van der Waals surface area contributed by atoms with Crippen molar-refractivity contribution in [3.05, 3.63) is 38.0 Å². The molecule has 0 aromatic carbocycles. The second kappa shape index (κ2) is 6.66. The van der Waals surface area contributed by atoms with E-state index < -0.39 is 11.2 Å². The maximum atomic E-state index is 10.3. The molecule has 2 N–H and O–H groups in total. The highest BCUT2D eigenvalue weighted by Crippen LogP contribution is 2.28. The molecule has 0 fully saturated rings. The van der Waals surface area contributed by atoms with Gasteiger partial charge in [-0.15, -0.1) is 19.7 Å². The minimum atomic E-state index is -0.825. The fraction of sp³-hybridized carbons (Fsp3) is 0.571. The molecule has 1 atom stereocenters. The zero-order valence-corrected chi connectivity index (χ0v) is 10.3. The van der Waals surface area contributed by atoms with E-state index in [0.717, 1.165) is 0 Å². The summed E-state index contributed by atoms with van der Waals surface area (Å²) in [6, 6.07) is 0. The van der Waals surface area contributed by atoms with Gasteiger partial charge in [-0.25, -0.2) is 0 Å². The first-order chi connectivity index (χ1) is 7.39. The molecule has 0 aromatic heterocycles. The minimum absolute atomic E-state index is 0.517. The highest BCUT2D eigenvalue weighted by molar-refractivity contribution is 4.94. The first-order valence-electron chi connectivity index (χ1n) is 5.66. The van der Waals surface area contributed by atoms with Gasteiger partial charge in [-0.3, -0.25) is 0 Å². The van der Waals surface area contributed by atoms with Crippen molar-refractivity contribution in [2.45, 2.75) is 50.2 Å². The summed E-state index contributed by atoms with van der Waals surface area (Å²) in [4.78, 5) is 0. The summed E-state index contributed by atoms with van der Waals surface area (Å²) in [7, 11) is 0. The molecule has 0 aliphatic carbocycles. The van der Waals surface area contributed by atoms with Crippen LogP contribution in [-0.2, 0) is 0 Å². The summed E-state index contributed by atoms with van der Waals surface area (Å²) in [6.07, 6.45) is 7.73. The third-order valence-electron chi connectivity index (χ3n) is 2.76. The molecule has 0 amide bonds. The van der Waals surface area contributed by atoms with Crippen LogP contribution in [0.25, 0.3) is 0 Å². The van der Waals surface area contributed by atoms with Gasteiger partial charge < -0.3 is 10.2 Å². The number of hydrogen-bond donors (Lipinski definition) is 2. The molecular formula is C14H24O2. The first-order valence-corrected chi connectivity index (χ1v) is 5.66. The molecule has 0 spiro atoms. The Morgan fingerprint density at radius 3 is 1.69 bits per heavy atom. The Bertz CT molecular complexity index is 231. The summed E-state index contributed by atoms with van der Waals surface area (Å²) in [5.74, 6) is 0. The van der Waals surface area contributed by atoms with Gasteiger partial charge in [0.2, 0.25) is 0 Å². The standard InChI is InChI=1S/C14H24O2/c1-5-8-13(4,15)11-12-14(16,9-6-2)10-7-3/h5-7,15-16H,1-3,8-12H2,4H3. The predicted molar refractivity (Wildman–Crippen MR) is 69.2 cm³/mol. The summed E-state index contributed by atoms with van der Waals surface area (Å²) in [5.41, 5.74) is -1.62. The highest BCUT2D eigenvalue weighted by atomic mass is 16.3. The molecular weight excluding hydrogens is 200 g/mol. The van der Waals surface area contributed by atoms with Crippen molar-refractivity contribution in [3.8, 4) is 0 Å². The van der Waals surface area contributed by atoms with Crippen molar-refractivity contribution in [2.75, 3.05) is 0 Å². The maximum Gasteiger partial charge on any atom is 0.0717 e. The normalized spacial score (nSPS) is 15.2. The van der Waals surface area contributed by atoms with E-state index in [1.54, 1.807) is 25.2 Å². The summed E-state index contributed by atoms with van der Waals surface area (Å²) >= 11 is 0. The van der Waals surface area contributed by atoms with Crippen molar-refractivity contribution >= 4 is 0 Å². The summed E-state index contributed by atoms with van der Waals surface area (Å²) in [6.45, 7) is 12.6. The zero-order chi connectivity index (χ0) is 12.7. The lowest BCUT2D eigenvalue weighted by atomic mass is 9.84. The van der Waals surface area contributed by atoms with E-state index in [4.69, 9.17) is 0 Å². The lowest BCUT2D eigenvalue weighted by Gasteiger charge is -2.30. The molecule has 92 valence electrons. The van der Waals surface area contributed by atoms with Gasteiger partial charge in [0, 0.05) is 0 Å². The molecule has 0 saturated carbocycles. The first kappa shape index (κ1) is 15.1. The molecule has 0 heterocycles. The van der Waals surface area contributed by atoms with Crippen LogP contribution in [0.1, 0.15) is 39.0 Å². The Morgan fingerprint density at radius 1 is 0.875 bits per heavy atom. The second-order valence-electron chi connectivity index (χ2n) is 4.70. The molecule has 0 aromatic rings. The Balaban J connectivity index is 4.35. The smallest absolute Gasteiger partial charge is 0.0717 e. The number of rotatable bonds is 9. The van der Waals surface area contributed by atoms with Gasteiger partial charge in [-0.1, -0.05) is 18.2 Å². The monoisotopic (exact) mass is 224 g/mol. The van der Waals surface area contributed by atoms with Crippen molar-refractivity contribution in [1.29, 1.82) is 0 Å². The Labute approximate surface area is 99.0 Å². The van der Waals surface area contributed by atoms with E-state index in [-0.39, 0.29) is 0 Å². The predicted octanol–water partition coefficient (Wildman–Crippen LogP) is 2.98. The van der Waals surface area contributed by atoms with Crippen LogP contribution in [0.2, 0.25) is 0 Å². The molecule has 0 radical (unpaired) electrons. The Morgan fingerprint density at radius 2 is 1.31 bits per heavy atom. The molecule has 0 aliphatic heterocycles. The van der Waals surface area contributed by atoms with E-state index in [9.17, 15) is 10.2 Å². The SMILES string of the molecule is C=CCC(C)(O)CCC(O)(CC=C)CC=C. The van der Waals surface area contributed by atoms with Gasteiger partial charge in [-0.05, 0) is 39.0 Å². The third kappa shape index (κ3) is 5.89. The van der Waals surface area contributed by atoms with Crippen LogP contribution in [0, 0.1) is 0 Å². The topological polar surface area (TPSA) is 40.5 Å². The van der Waals surface area contributed by atoms with E-state index >= 15 is 0 Å². The maximum absolute atomic E-state index is 10.3. The van der Waals surface area contributed by atoms with Gasteiger partial charge in [0.05, 0.1) is 11.2 Å². The molecule has 0 aliphatic rings. The van der Waals surface area contributed by atoms with Crippen LogP contribution in [0.5, 0.6) is 0 Å². The van der Waals surface area contributed by atoms with Crippen LogP contribution in [0.3, 0.4) is 0 Å². The van der Waals surface area contributed by atoms with Crippen LogP contribution in [-0.4, -0.2) is 21.4 Å². The van der Waals surface area contributed by atoms with Gasteiger partial charge in [0.1, 0.15) is 0 Å². The quantitative estimate of drug-likeness (QED) is 0.591. The molecule has 0 bridgehead atoms. The molecule has 1 unspecified atom stereocenters. The zero-order valence-electron chi connectivity index (χ0n) is 10.3. The Hall–Kier alpha value is -0.860. The largest absolute Gasteiger partial charge is 0.390 e. The van der Waals surface area contributed by atoms with E-state index in [1.165, 1.54) is 0 Å². The van der Waals surface area contributed by atoms with E-state index in [0.29, 0.717) is 32.1 Å². The number of aliphatic hydroxyl groups is 2. The van der Waals surface area contributed by atoms with Crippen LogP contribution in [0.15, 0.2) is 38.0 Å². The molecule has 0 rings (SSSR count). The molecule has 2 heteroatoms. The summed E-state index contributed by atoms with van der Waals surface area (Å²) < 4.78 is 0. The van der Waals surface area contributed by atoms with Gasteiger partial charge in [-0.2, -0.15) is 0 Å². The van der Waals surface area contributed by atoms with Crippen LogP contribution in [0.4, 0.5) is 0 Å². The average Bonchev–Trinajstić information content (AvgIpc) is 2.16. The van der Waals surface area contributed by atoms with Gasteiger partial charge in [0.15, 0.2) is 0 Å². The average molecular weight is 224 g/mol. The van der Waals surface area contributed by atoms with E-state index in [2.05, 4.69) is 19.7 Å². The van der Waals surface area contributed by atoms with Crippen LogP contribution < -0.4 is 0 Å². The highest BCUT2D eigenvalue weighted by Gasteiger charge is 2.28. The van der Waals surface area contributed by atoms with Crippen molar-refractivity contribution in [1.82, 2.24) is 0 Å². The minimum Gasteiger partial charge on any atom is -0.390 e. The van der Waals surface area contributed by atoms with Gasteiger partial charge in [0.25, 0.3) is 0 Å². The molecule has 16 heavy (non-hydrogen) atoms. The third-order valence-corrected chi connectivity index (χ3v) is 2.76. The van der Waals surface area contributed by atoms with Crippen molar-refractivity contribution in [3.63, 3.8) is 0 Å². The van der Waals surface area contributed by atoms with E-state index in [1.807, 2.05) is 0 Å². The fourth-order valence-corrected chi connectivity index (χ4v) is 1.74. The molecule has 2 nitrogen and oxygen atoms in total.